The number of hydrogen-bond donors (Lipinski definition) is 1. The summed E-state index contributed by atoms with van der Waals surface area (Å²) in [5.74, 6) is 0.721. The highest BCUT2D eigenvalue weighted by atomic mass is 79.9. The van der Waals surface area contributed by atoms with Gasteiger partial charge in [0.1, 0.15) is 0 Å². The fourth-order valence-corrected chi connectivity index (χ4v) is 3.03. The van der Waals surface area contributed by atoms with Crippen LogP contribution in [0.5, 0.6) is 0 Å². The summed E-state index contributed by atoms with van der Waals surface area (Å²) < 4.78 is 7.01. The van der Waals surface area contributed by atoms with Gasteiger partial charge in [0.15, 0.2) is 0 Å². The maximum Gasteiger partial charge on any atom is 0.0826 e. The second-order valence-electron chi connectivity index (χ2n) is 6.33. The van der Waals surface area contributed by atoms with Crippen LogP contribution in [0.25, 0.3) is 0 Å². The third kappa shape index (κ3) is 5.70. The molecule has 1 aliphatic heterocycles. The lowest BCUT2D eigenvalue weighted by molar-refractivity contribution is -0.0311. The van der Waals surface area contributed by atoms with Crippen LogP contribution in [0.1, 0.15) is 32.4 Å². The van der Waals surface area contributed by atoms with Crippen LogP contribution in [-0.2, 0) is 4.74 Å². The number of nitrogens with one attached hydrogen (secondary N) is 1. The summed E-state index contributed by atoms with van der Waals surface area (Å²) in [4.78, 5) is 2.52. The van der Waals surface area contributed by atoms with Crippen LogP contribution in [0.15, 0.2) is 28.7 Å². The molecular formula is C17H27BrN2O. The predicted molar refractivity (Wildman–Crippen MR) is 91.6 cm³/mol. The maximum atomic E-state index is 5.88. The SMILES string of the molecule is CC(C)CN1CCOC(CNC(C)c2ccc(Br)cc2)C1. The maximum absolute atomic E-state index is 5.88. The monoisotopic (exact) mass is 354 g/mol. The normalized spacial score (nSPS) is 21.7. The average Bonchev–Trinajstić information content (AvgIpc) is 2.45. The van der Waals surface area contributed by atoms with Crippen LogP contribution < -0.4 is 5.32 Å². The average molecular weight is 355 g/mol. The third-order valence-electron chi connectivity index (χ3n) is 3.87. The smallest absolute Gasteiger partial charge is 0.0826 e. The van der Waals surface area contributed by atoms with E-state index in [0.29, 0.717) is 12.1 Å². The Hall–Kier alpha value is -0.420. The number of rotatable bonds is 6. The molecule has 2 unspecified atom stereocenters. The van der Waals surface area contributed by atoms with Gasteiger partial charge in [-0.3, -0.25) is 4.90 Å². The van der Waals surface area contributed by atoms with Gasteiger partial charge in [-0.05, 0) is 30.5 Å². The highest BCUT2D eigenvalue weighted by molar-refractivity contribution is 9.10. The van der Waals surface area contributed by atoms with E-state index in [4.69, 9.17) is 4.74 Å². The molecule has 0 spiro atoms. The van der Waals surface area contributed by atoms with E-state index in [0.717, 1.165) is 36.6 Å². The van der Waals surface area contributed by atoms with Crippen molar-refractivity contribution in [3.8, 4) is 0 Å². The Labute approximate surface area is 137 Å². The van der Waals surface area contributed by atoms with Crippen molar-refractivity contribution >= 4 is 15.9 Å². The minimum atomic E-state index is 0.301. The Morgan fingerprint density at radius 1 is 1.29 bits per heavy atom. The van der Waals surface area contributed by atoms with Gasteiger partial charge >= 0.3 is 0 Å². The molecule has 1 aliphatic rings. The Morgan fingerprint density at radius 2 is 2.00 bits per heavy atom. The van der Waals surface area contributed by atoms with Gasteiger partial charge in [-0.15, -0.1) is 0 Å². The molecule has 4 heteroatoms. The molecule has 3 nitrogen and oxygen atoms in total. The Kier molecular flexibility index (Phi) is 6.68. The van der Waals surface area contributed by atoms with E-state index in [1.807, 2.05) is 0 Å². The van der Waals surface area contributed by atoms with Gasteiger partial charge in [0.05, 0.1) is 12.7 Å². The van der Waals surface area contributed by atoms with Gasteiger partial charge in [0, 0.05) is 36.7 Å². The standard InChI is InChI=1S/C17H27BrN2O/c1-13(2)11-20-8-9-21-17(12-20)10-19-14(3)15-4-6-16(18)7-5-15/h4-7,13-14,17,19H,8-12H2,1-3H3. The quantitative estimate of drug-likeness (QED) is 0.846. The molecule has 1 heterocycles. The second-order valence-corrected chi connectivity index (χ2v) is 7.24. The van der Waals surface area contributed by atoms with Gasteiger partial charge in [-0.1, -0.05) is 41.9 Å². The molecule has 0 saturated carbocycles. The zero-order chi connectivity index (χ0) is 15.2. The molecular weight excluding hydrogens is 328 g/mol. The lowest BCUT2D eigenvalue weighted by atomic mass is 10.1. The first-order valence-electron chi connectivity index (χ1n) is 7.87. The molecule has 1 saturated heterocycles. The van der Waals surface area contributed by atoms with Crippen LogP contribution in [0, 0.1) is 5.92 Å². The van der Waals surface area contributed by atoms with Gasteiger partial charge in [-0.25, -0.2) is 0 Å². The van der Waals surface area contributed by atoms with E-state index in [9.17, 15) is 0 Å². The van der Waals surface area contributed by atoms with E-state index < -0.39 is 0 Å². The molecule has 1 fully saturated rings. The molecule has 0 bridgehead atoms. The summed E-state index contributed by atoms with van der Waals surface area (Å²) in [6.45, 7) is 11.8. The molecule has 1 N–H and O–H groups in total. The summed E-state index contributed by atoms with van der Waals surface area (Å²) in [7, 11) is 0. The zero-order valence-electron chi connectivity index (χ0n) is 13.3. The number of nitrogens with zero attached hydrogens (tertiary/aromatic N) is 1. The summed E-state index contributed by atoms with van der Waals surface area (Å²) in [5, 5.41) is 3.59. The number of hydrogen-bond acceptors (Lipinski definition) is 3. The molecule has 0 radical (unpaired) electrons. The molecule has 1 aromatic carbocycles. The largest absolute Gasteiger partial charge is 0.374 e. The number of ether oxygens (including phenoxy) is 1. The van der Waals surface area contributed by atoms with Crippen molar-refractivity contribution in [2.24, 2.45) is 5.92 Å². The second kappa shape index (κ2) is 8.28. The van der Waals surface area contributed by atoms with Crippen molar-refractivity contribution in [2.75, 3.05) is 32.8 Å². The molecule has 0 aliphatic carbocycles. The minimum Gasteiger partial charge on any atom is -0.374 e. The zero-order valence-corrected chi connectivity index (χ0v) is 14.9. The molecule has 21 heavy (non-hydrogen) atoms. The Bertz CT molecular complexity index is 421. The molecule has 0 aromatic heterocycles. The van der Waals surface area contributed by atoms with E-state index in [2.05, 4.69) is 71.2 Å². The fraction of sp³-hybridized carbons (Fsp3) is 0.647. The van der Waals surface area contributed by atoms with Gasteiger partial charge in [0.25, 0.3) is 0 Å². The van der Waals surface area contributed by atoms with E-state index in [1.54, 1.807) is 0 Å². The lowest BCUT2D eigenvalue weighted by Gasteiger charge is -2.34. The first-order chi connectivity index (χ1) is 10.0. The number of morpholine rings is 1. The molecule has 1 aromatic rings. The molecule has 0 amide bonds. The highest BCUT2D eigenvalue weighted by Gasteiger charge is 2.21. The van der Waals surface area contributed by atoms with E-state index >= 15 is 0 Å². The van der Waals surface area contributed by atoms with Gasteiger partial charge < -0.3 is 10.1 Å². The van der Waals surface area contributed by atoms with Crippen LogP contribution in [0.2, 0.25) is 0 Å². The molecule has 2 atom stereocenters. The van der Waals surface area contributed by atoms with E-state index in [1.165, 1.54) is 12.1 Å². The van der Waals surface area contributed by atoms with Crippen molar-refractivity contribution in [1.29, 1.82) is 0 Å². The van der Waals surface area contributed by atoms with Crippen molar-refractivity contribution in [3.63, 3.8) is 0 Å². The minimum absolute atomic E-state index is 0.301. The van der Waals surface area contributed by atoms with Gasteiger partial charge in [-0.2, -0.15) is 0 Å². The highest BCUT2D eigenvalue weighted by Crippen LogP contribution is 2.17. The Balaban J connectivity index is 1.78. The predicted octanol–water partition coefficient (Wildman–Crippen LogP) is 3.46. The van der Waals surface area contributed by atoms with Crippen LogP contribution in [-0.4, -0.2) is 43.8 Å². The summed E-state index contributed by atoms with van der Waals surface area (Å²) >= 11 is 3.48. The van der Waals surface area contributed by atoms with Crippen LogP contribution in [0.4, 0.5) is 0 Å². The first-order valence-corrected chi connectivity index (χ1v) is 8.66. The molecule has 2 rings (SSSR count). The summed E-state index contributed by atoms with van der Waals surface area (Å²) in [6, 6.07) is 8.86. The topological polar surface area (TPSA) is 24.5 Å². The lowest BCUT2D eigenvalue weighted by Crippen LogP contribution is -2.47. The van der Waals surface area contributed by atoms with Crippen LogP contribution >= 0.6 is 15.9 Å². The van der Waals surface area contributed by atoms with E-state index in [-0.39, 0.29) is 0 Å². The first kappa shape index (κ1) is 16.9. The van der Waals surface area contributed by atoms with Crippen molar-refractivity contribution < 1.29 is 4.74 Å². The number of halogens is 1. The molecule has 118 valence electrons. The third-order valence-corrected chi connectivity index (χ3v) is 4.40. The van der Waals surface area contributed by atoms with Crippen molar-refractivity contribution in [2.45, 2.75) is 32.9 Å². The van der Waals surface area contributed by atoms with Crippen molar-refractivity contribution in [3.05, 3.63) is 34.3 Å². The fourth-order valence-electron chi connectivity index (χ4n) is 2.76. The van der Waals surface area contributed by atoms with Crippen molar-refractivity contribution in [1.82, 2.24) is 10.2 Å². The van der Waals surface area contributed by atoms with Gasteiger partial charge in [0.2, 0.25) is 0 Å². The summed E-state index contributed by atoms with van der Waals surface area (Å²) in [6.07, 6.45) is 0.301. The number of benzene rings is 1. The summed E-state index contributed by atoms with van der Waals surface area (Å²) in [5.41, 5.74) is 1.31. The van der Waals surface area contributed by atoms with Crippen LogP contribution in [0.3, 0.4) is 0 Å². The Morgan fingerprint density at radius 3 is 2.67 bits per heavy atom.